The second kappa shape index (κ2) is 5.21. The fourth-order valence-corrected chi connectivity index (χ4v) is 2.65. The largest absolute Gasteiger partial charge is 0.306 e. The maximum atomic E-state index is 12.2. The predicted octanol–water partition coefficient (Wildman–Crippen LogP) is 3.92. The Hall–Kier alpha value is -1.94. The van der Waals surface area contributed by atoms with E-state index in [0.29, 0.717) is 16.7 Å². The average Bonchev–Trinajstić information content (AvgIpc) is 2.47. The Bertz CT molecular complexity index is 839. The molecule has 0 radical (unpaired) electrons. The average molecular weight is 329 g/mol. The number of nitrogens with zero attached hydrogens (tertiary/aromatic N) is 1. The highest BCUT2D eigenvalue weighted by Crippen LogP contribution is 2.25. The number of H-pyrrole nitrogens is 1. The number of hydrogen-bond donors (Lipinski definition) is 1. The van der Waals surface area contributed by atoms with Crippen LogP contribution in [0, 0.1) is 0 Å². The first-order valence-corrected chi connectivity index (χ1v) is 7.26. The third-order valence-electron chi connectivity index (χ3n) is 3.32. The van der Waals surface area contributed by atoms with Crippen LogP contribution in [-0.4, -0.2) is 9.97 Å². The molecule has 0 bridgehead atoms. The minimum atomic E-state index is -0.104. The number of aryl methyl sites for hydroxylation is 1. The van der Waals surface area contributed by atoms with Crippen LogP contribution >= 0.6 is 15.9 Å². The van der Waals surface area contributed by atoms with Crippen molar-refractivity contribution in [3.63, 3.8) is 0 Å². The minimum absolute atomic E-state index is 0.104. The van der Waals surface area contributed by atoms with Crippen LogP contribution in [0.4, 0.5) is 0 Å². The van der Waals surface area contributed by atoms with Gasteiger partial charge in [0.2, 0.25) is 0 Å². The van der Waals surface area contributed by atoms with Crippen molar-refractivity contribution in [2.75, 3.05) is 0 Å². The van der Waals surface area contributed by atoms with Gasteiger partial charge in [0.05, 0.1) is 10.9 Å². The van der Waals surface area contributed by atoms with Gasteiger partial charge in [-0.2, -0.15) is 0 Å². The number of para-hydroxylation sites is 1. The molecule has 0 fully saturated rings. The first-order chi connectivity index (χ1) is 9.69. The summed E-state index contributed by atoms with van der Waals surface area (Å²) in [6.45, 7) is 2.09. The summed E-state index contributed by atoms with van der Waals surface area (Å²) < 4.78 is 0.973. The number of halogens is 1. The van der Waals surface area contributed by atoms with E-state index >= 15 is 0 Å². The molecule has 4 heteroatoms. The van der Waals surface area contributed by atoms with E-state index in [9.17, 15) is 4.79 Å². The highest BCUT2D eigenvalue weighted by atomic mass is 79.9. The molecule has 100 valence electrons. The molecule has 20 heavy (non-hydrogen) atoms. The summed E-state index contributed by atoms with van der Waals surface area (Å²) in [6, 6.07) is 13.4. The van der Waals surface area contributed by atoms with E-state index in [2.05, 4.69) is 38.9 Å². The first kappa shape index (κ1) is 13.1. The number of fused-ring (bicyclic) bond motifs is 1. The van der Waals surface area contributed by atoms with E-state index < -0.39 is 0 Å². The van der Waals surface area contributed by atoms with Gasteiger partial charge in [0.1, 0.15) is 5.82 Å². The standard InChI is InChI=1S/C16H13BrN2O/c1-2-10-7-8-11(17)9-13(10)15-18-14-6-4-3-5-12(14)16(20)19-15/h3-9H,2H2,1H3,(H,18,19,20). The van der Waals surface area contributed by atoms with Gasteiger partial charge in [0.25, 0.3) is 5.56 Å². The number of aromatic nitrogens is 2. The van der Waals surface area contributed by atoms with E-state index in [1.807, 2.05) is 30.3 Å². The Labute approximate surface area is 124 Å². The molecule has 0 unspecified atom stereocenters. The Kier molecular flexibility index (Phi) is 3.40. The zero-order valence-electron chi connectivity index (χ0n) is 11.0. The zero-order valence-corrected chi connectivity index (χ0v) is 12.6. The molecule has 3 aromatic rings. The molecular weight excluding hydrogens is 316 g/mol. The summed E-state index contributed by atoms with van der Waals surface area (Å²) in [5, 5.41) is 0.615. The van der Waals surface area contributed by atoms with E-state index in [4.69, 9.17) is 0 Å². The summed E-state index contributed by atoms with van der Waals surface area (Å²) in [4.78, 5) is 19.6. The molecule has 0 aliphatic heterocycles. The lowest BCUT2D eigenvalue weighted by molar-refractivity contribution is 1.11. The van der Waals surface area contributed by atoms with E-state index in [1.165, 1.54) is 0 Å². The second-order valence-corrected chi connectivity index (χ2v) is 5.50. The molecule has 0 saturated carbocycles. The van der Waals surface area contributed by atoms with Gasteiger partial charge in [-0.1, -0.05) is 41.1 Å². The molecule has 1 heterocycles. The third-order valence-corrected chi connectivity index (χ3v) is 3.81. The summed E-state index contributed by atoms with van der Waals surface area (Å²) in [5.41, 5.74) is 2.73. The molecule has 0 aliphatic rings. The molecule has 0 spiro atoms. The van der Waals surface area contributed by atoms with Gasteiger partial charge >= 0.3 is 0 Å². The van der Waals surface area contributed by atoms with Crippen LogP contribution in [0.3, 0.4) is 0 Å². The Morgan fingerprint density at radius 3 is 2.80 bits per heavy atom. The smallest absolute Gasteiger partial charge is 0.259 e. The molecule has 3 nitrogen and oxygen atoms in total. The fraction of sp³-hybridized carbons (Fsp3) is 0.125. The molecule has 0 atom stereocenters. The van der Waals surface area contributed by atoms with Crippen molar-refractivity contribution in [3.05, 3.63) is 62.9 Å². The topological polar surface area (TPSA) is 45.8 Å². The van der Waals surface area contributed by atoms with Gasteiger partial charge in [0, 0.05) is 10.0 Å². The number of nitrogens with one attached hydrogen (secondary N) is 1. The third kappa shape index (κ3) is 2.27. The molecule has 0 amide bonds. The van der Waals surface area contributed by atoms with Gasteiger partial charge in [-0.25, -0.2) is 4.98 Å². The Morgan fingerprint density at radius 2 is 2.00 bits per heavy atom. The van der Waals surface area contributed by atoms with Gasteiger partial charge in [0.15, 0.2) is 0 Å². The summed E-state index contributed by atoms with van der Waals surface area (Å²) in [6.07, 6.45) is 0.888. The van der Waals surface area contributed by atoms with Crippen molar-refractivity contribution >= 4 is 26.8 Å². The van der Waals surface area contributed by atoms with Crippen molar-refractivity contribution in [1.29, 1.82) is 0 Å². The van der Waals surface area contributed by atoms with Gasteiger partial charge in [-0.3, -0.25) is 4.79 Å². The van der Waals surface area contributed by atoms with Crippen LogP contribution in [0.1, 0.15) is 12.5 Å². The molecule has 2 aromatic carbocycles. The molecule has 0 saturated heterocycles. The van der Waals surface area contributed by atoms with Gasteiger partial charge in [-0.05, 0) is 36.2 Å². The van der Waals surface area contributed by atoms with Crippen LogP contribution in [0.5, 0.6) is 0 Å². The van der Waals surface area contributed by atoms with Crippen molar-refractivity contribution < 1.29 is 0 Å². The first-order valence-electron chi connectivity index (χ1n) is 6.47. The molecular formula is C16H13BrN2O. The fourth-order valence-electron chi connectivity index (χ4n) is 2.29. The SMILES string of the molecule is CCc1ccc(Br)cc1-c1nc2ccccc2c(=O)[nH]1. The predicted molar refractivity (Wildman–Crippen MR) is 84.9 cm³/mol. The monoisotopic (exact) mass is 328 g/mol. The van der Waals surface area contributed by atoms with Crippen LogP contribution in [0.2, 0.25) is 0 Å². The maximum Gasteiger partial charge on any atom is 0.259 e. The number of rotatable bonds is 2. The van der Waals surface area contributed by atoms with E-state index in [1.54, 1.807) is 6.07 Å². The zero-order chi connectivity index (χ0) is 14.1. The number of hydrogen-bond acceptors (Lipinski definition) is 2. The molecule has 0 aliphatic carbocycles. The van der Waals surface area contributed by atoms with Crippen molar-refractivity contribution in [3.8, 4) is 11.4 Å². The van der Waals surface area contributed by atoms with Crippen LogP contribution < -0.4 is 5.56 Å². The highest BCUT2D eigenvalue weighted by Gasteiger charge is 2.09. The highest BCUT2D eigenvalue weighted by molar-refractivity contribution is 9.10. The number of aromatic amines is 1. The van der Waals surface area contributed by atoms with Crippen molar-refractivity contribution in [2.45, 2.75) is 13.3 Å². The normalized spacial score (nSPS) is 10.9. The van der Waals surface area contributed by atoms with Crippen molar-refractivity contribution in [1.82, 2.24) is 9.97 Å². The maximum absolute atomic E-state index is 12.2. The lowest BCUT2D eigenvalue weighted by Crippen LogP contribution is -2.10. The van der Waals surface area contributed by atoms with Crippen LogP contribution in [-0.2, 0) is 6.42 Å². The quantitative estimate of drug-likeness (QED) is 0.775. The van der Waals surface area contributed by atoms with Gasteiger partial charge in [-0.15, -0.1) is 0 Å². The Balaban J connectivity index is 2.30. The van der Waals surface area contributed by atoms with Gasteiger partial charge < -0.3 is 4.98 Å². The van der Waals surface area contributed by atoms with Crippen molar-refractivity contribution in [2.24, 2.45) is 0 Å². The summed E-state index contributed by atoms with van der Waals surface area (Å²) in [7, 11) is 0. The molecule has 1 N–H and O–H groups in total. The summed E-state index contributed by atoms with van der Waals surface area (Å²) >= 11 is 3.47. The van der Waals surface area contributed by atoms with E-state index in [-0.39, 0.29) is 5.56 Å². The minimum Gasteiger partial charge on any atom is -0.306 e. The summed E-state index contributed by atoms with van der Waals surface area (Å²) in [5.74, 6) is 0.617. The lowest BCUT2D eigenvalue weighted by Gasteiger charge is -2.08. The van der Waals surface area contributed by atoms with Crippen LogP contribution in [0.25, 0.3) is 22.3 Å². The van der Waals surface area contributed by atoms with Crippen LogP contribution in [0.15, 0.2) is 51.7 Å². The Morgan fingerprint density at radius 1 is 1.20 bits per heavy atom. The molecule has 3 rings (SSSR count). The number of benzene rings is 2. The molecule has 1 aromatic heterocycles. The van der Waals surface area contributed by atoms with E-state index in [0.717, 1.165) is 22.0 Å². The lowest BCUT2D eigenvalue weighted by atomic mass is 10.0. The second-order valence-electron chi connectivity index (χ2n) is 4.59.